The SMILES string of the molecule is CN(CCCCOCCCCc1ccc2c(c1)n(C)c(=O)n2C1CCC(=O)NC1=O)C(=O)c1ccc(-n2cc(NC(=O)c3coc(-c4ccnc(NCC5CC5)c4)n3)c(C(F)F)n2)cc1. The van der Waals surface area contributed by atoms with Crippen LogP contribution in [0.3, 0.4) is 0 Å². The topological polar surface area (TPSA) is 201 Å². The number of hydrogen-bond donors (Lipinski definition) is 3. The summed E-state index contributed by atoms with van der Waals surface area (Å²) in [6.07, 6.45) is 7.94. The first-order valence-corrected chi connectivity index (χ1v) is 21.8. The number of aromatic nitrogens is 6. The van der Waals surface area contributed by atoms with Crippen molar-refractivity contribution in [3.63, 3.8) is 0 Å². The summed E-state index contributed by atoms with van der Waals surface area (Å²) in [5.41, 5.74) is 2.67. The molecular weight excluding hydrogens is 843 g/mol. The number of benzene rings is 2. The predicted octanol–water partition coefficient (Wildman–Crippen LogP) is 6.46. The Bertz CT molecular complexity index is 2760. The van der Waals surface area contributed by atoms with Crippen molar-refractivity contribution in [1.29, 1.82) is 0 Å². The number of fused-ring (bicyclic) bond motifs is 1. The van der Waals surface area contributed by atoms with Gasteiger partial charge in [-0.25, -0.2) is 28.2 Å². The van der Waals surface area contributed by atoms with E-state index in [0.717, 1.165) is 56.0 Å². The van der Waals surface area contributed by atoms with E-state index in [1.54, 1.807) is 61.6 Å². The molecule has 6 aromatic rings. The van der Waals surface area contributed by atoms with Crippen LogP contribution in [0.25, 0.3) is 28.2 Å². The molecule has 1 saturated heterocycles. The van der Waals surface area contributed by atoms with Crippen LogP contribution in [0.2, 0.25) is 0 Å². The third kappa shape index (κ3) is 10.5. The number of anilines is 2. The fraction of sp³-hybridized carbons (Fsp3) is 0.391. The van der Waals surface area contributed by atoms with Gasteiger partial charge >= 0.3 is 5.69 Å². The number of oxazole rings is 1. The van der Waals surface area contributed by atoms with Crippen LogP contribution in [-0.2, 0) is 27.8 Å². The Balaban J connectivity index is 0.756. The molecule has 4 amide bonds. The van der Waals surface area contributed by atoms with Crippen molar-refractivity contribution in [2.75, 3.05) is 44.0 Å². The van der Waals surface area contributed by atoms with Crippen molar-refractivity contribution in [3.05, 3.63) is 106 Å². The Morgan fingerprint density at radius 3 is 2.52 bits per heavy atom. The molecule has 1 atom stereocenters. The summed E-state index contributed by atoms with van der Waals surface area (Å²) in [6, 6.07) is 14.9. The van der Waals surface area contributed by atoms with Crippen LogP contribution in [0.15, 0.2) is 82.5 Å². The van der Waals surface area contributed by atoms with E-state index in [4.69, 9.17) is 9.15 Å². The van der Waals surface area contributed by atoms with Gasteiger partial charge in [0.2, 0.25) is 17.7 Å². The highest BCUT2D eigenvalue weighted by atomic mass is 19.3. The minimum absolute atomic E-state index is 0.102. The van der Waals surface area contributed by atoms with Gasteiger partial charge in [-0.05, 0) is 111 Å². The number of rotatable bonds is 20. The molecule has 4 aromatic heterocycles. The van der Waals surface area contributed by atoms with E-state index in [2.05, 4.69) is 31.0 Å². The first-order valence-electron chi connectivity index (χ1n) is 21.8. The van der Waals surface area contributed by atoms with Crippen molar-refractivity contribution < 1.29 is 37.1 Å². The Morgan fingerprint density at radius 1 is 0.985 bits per heavy atom. The van der Waals surface area contributed by atoms with Crippen molar-refractivity contribution in [2.24, 2.45) is 13.0 Å². The monoisotopic (exact) mass is 892 g/mol. The lowest BCUT2D eigenvalue weighted by Gasteiger charge is -2.21. The number of nitrogens with zero attached hydrogens (tertiary/aromatic N) is 7. The van der Waals surface area contributed by atoms with Gasteiger partial charge in [0.15, 0.2) is 11.4 Å². The zero-order chi connectivity index (χ0) is 45.6. The number of carbonyl (C=O) groups excluding carboxylic acids is 4. The molecule has 0 bridgehead atoms. The second-order valence-corrected chi connectivity index (χ2v) is 16.5. The smallest absolute Gasteiger partial charge is 0.329 e. The number of ether oxygens (including phenoxy) is 1. The summed E-state index contributed by atoms with van der Waals surface area (Å²) < 4.78 is 43.8. The van der Waals surface area contributed by atoms with Crippen molar-refractivity contribution >= 4 is 46.2 Å². The van der Waals surface area contributed by atoms with Gasteiger partial charge in [-0.1, -0.05) is 6.07 Å². The molecule has 3 N–H and O–H groups in total. The Labute approximate surface area is 372 Å². The van der Waals surface area contributed by atoms with Gasteiger partial charge in [0.05, 0.1) is 28.6 Å². The molecular formula is C46H50F2N10O7. The fourth-order valence-electron chi connectivity index (χ4n) is 7.77. The summed E-state index contributed by atoms with van der Waals surface area (Å²) >= 11 is 0. The zero-order valence-corrected chi connectivity index (χ0v) is 36.1. The molecule has 5 heterocycles. The van der Waals surface area contributed by atoms with Crippen LogP contribution in [0.1, 0.15) is 95.9 Å². The lowest BCUT2D eigenvalue weighted by molar-refractivity contribution is -0.135. The number of hydrogen-bond acceptors (Lipinski definition) is 11. The molecule has 0 radical (unpaired) electrons. The van der Waals surface area contributed by atoms with Crippen LogP contribution in [0.4, 0.5) is 20.3 Å². The fourth-order valence-corrected chi connectivity index (χ4v) is 7.77. The average Bonchev–Trinajstić information content (AvgIpc) is 3.72. The Kier molecular flexibility index (Phi) is 13.6. The van der Waals surface area contributed by atoms with E-state index < -0.39 is 30.0 Å². The quantitative estimate of drug-likeness (QED) is 0.0562. The molecule has 1 unspecified atom stereocenters. The van der Waals surface area contributed by atoms with Gasteiger partial charge < -0.3 is 24.7 Å². The maximum absolute atomic E-state index is 14.1. The van der Waals surface area contributed by atoms with Crippen molar-refractivity contribution in [3.8, 4) is 17.1 Å². The van der Waals surface area contributed by atoms with Gasteiger partial charge in [0.25, 0.3) is 18.2 Å². The van der Waals surface area contributed by atoms with Crippen LogP contribution in [0.5, 0.6) is 0 Å². The molecule has 2 fully saturated rings. The largest absolute Gasteiger partial charge is 0.444 e. The van der Waals surface area contributed by atoms with E-state index >= 15 is 0 Å². The minimum Gasteiger partial charge on any atom is -0.444 e. The van der Waals surface area contributed by atoms with Crippen LogP contribution >= 0.6 is 0 Å². The average molecular weight is 893 g/mol. The molecule has 2 aliphatic rings. The van der Waals surface area contributed by atoms with Gasteiger partial charge in [0, 0.05) is 64.1 Å². The number of alkyl halides is 2. The molecule has 17 nitrogen and oxygen atoms in total. The highest BCUT2D eigenvalue weighted by Gasteiger charge is 2.31. The molecule has 8 rings (SSSR count). The molecule has 65 heavy (non-hydrogen) atoms. The highest BCUT2D eigenvalue weighted by molar-refractivity contribution is 6.03. The number of carbonyl (C=O) groups is 4. The second kappa shape index (κ2) is 19.8. The molecule has 2 aromatic carbocycles. The first kappa shape index (κ1) is 44.6. The number of amides is 4. The minimum atomic E-state index is -2.99. The van der Waals surface area contributed by atoms with E-state index in [1.165, 1.54) is 32.9 Å². The summed E-state index contributed by atoms with van der Waals surface area (Å²) in [7, 11) is 3.40. The van der Waals surface area contributed by atoms with Crippen molar-refractivity contribution in [2.45, 2.75) is 70.3 Å². The third-order valence-corrected chi connectivity index (χ3v) is 11.6. The van der Waals surface area contributed by atoms with Crippen LogP contribution in [-0.4, -0.2) is 90.8 Å². The molecule has 19 heteroatoms. The molecule has 1 aliphatic heterocycles. The number of unbranched alkanes of at least 4 members (excludes halogenated alkanes) is 2. The van der Waals surface area contributed by atoms with E-state index in [0.29, 0.717) is 53.8 Å². The summed E-state index contributed by atoms with van der Waals surface area (Å²) in [5.74, 6) is -0.250. The van der Waals surface area contributed by atoms with E-state index in [1.807, 2.05) is 18.2 Å². The van der Waals surface area contributed by atoms with Gasteiger partial charge in [-0.15, -0.1) is 0 Å². The van der Waals surface area contributed by atoms with Gasteiger partial charge in [-0.3, -0.25) is 33.6 Å². The number of aryl methyl sites for hydroxylation is 2. The van der Waals surface area contributed by atoms with Gasteiger partial charge in [0.1, 0.15) is 18.1 Å². The standard InChI is InChI=1S/C46H50F2N10O7/c1-55(20-4-6-22-64-21-5-3-7-28-10-15-35-37(23-28)56(2)46(63)58(35)36-16-17-39(59)53-43(36)61)45(62)30-11-13-32(14-12-30)57-26-33(40(54-57)41(47)48)51-42(60)34-27-65-44(52-34)31-18-19-49-38(24-31)50-25-29-8-9-29/h10-15,18-19,23-24,26-27,29,36,41H,3-9,16-17,20-22,25H2,1-2H3,(H,49,50)(H,51,60)(H,53,59,61). The summed E-state index contributed by atoms with van der Waals surface area (Å²) in [6.45, 7) is 2.47. The maximum Gasteiger partial charge on any atom is 0.329 e. The molecule has 1 aliphatic carbocycles. The number of halogens is 2. The number of nitrogens with one attached hydrogen (secondary N) is 3. The van der Waals surface area contributed by atoms with E-state index in [-0.39, 0.29) is 47.6 Å². The lowest BCUT2D eigenvalue weighted by atomic mass is 10.0. The first-order chi connectivity index (χ1) is 31.4. The lowest BCUT2D eigenvalue weighted by Crippen LogP contribution is -2.44. The van der Waals surface area contributed by atoms with Crippen LogP contribution in [0, 0.1) is 5.92 Å². The number of pyridine rings is 1. The third-order valence-electron chi connectivity index (χ3n) is 11.6. The number of imidazole rings is 1. The molecule has 1 saturated carbocycles. The predicted molar refractivity (Wildman–Crippen MR) is 236 cm³/mol. The summed E-state index contributed by atoms with van der Waals surface area (Å²) in [5, 5.41) is 12.1. The number of imide groups is 1. The molecule has 0 spiro atoms. The second-order valence-electron chi connectivity index (χ2n) is 16.5. The Morgan fingerprint density at radius 2 is 1.77 bits per heavy atom. The Hall–Kier alpha value is -7.02. The number of piperidine rings is 1. The van der Waals surface area contributed by atoms with Crippen LogP contribution < -0.4 is 21.6 Å². The maximum atomic E-state index is 14.1. The van der Waals surface area contributed by atoms with E-state index in [9.17, 15) is 32.8 Å². The van der Waals surface area contributed by atoms with Gasteiger partial charge in [-0.2, -0.15) is 5.10 Å². The zero-order valence-electron chi connectivity index (χ0n) is 36.1. The summed E-state index contributed by atoms with van der Waals surface area (Å²) in [4.78, 5) is 73.6. The normalized spacial score (nSPS) is 15.1. The van der Waals surface area contributed by atoms with Crippen molar-refractivity contribution in [1.82, 2.24) is 39.1 Å². The highest BCUT2D eigenvalue weighted by Crippen LogP contribution is 2.31. The molecule has 340 valence electrons.